The smallest absolute Gasteiger partial charge is 0.138 e. The molecular formula is C24H27N5S2. The first-order valence-corrected chi connectivity index (χ1v) is 12.3. The SMILES string of the molecule is CSc1cc2c(NC(C)c3ccc(-c4ccccc4CN(C)C)s3)nc(C)nc2cn1. The number of aryl methyl sites for hydroxylation is 1. The summed E-state index contributed by atoms with van der Waals surface area (Å²) in [6.07, 6.45) is 3.86. The van der Waals surface area contributed by atoms with E-state index in [1.54, 1.807) is 11.8 Å². The Morgan fingerprint density at radius 2 is 1.94 bits per heavy atom. The molecule has 0 saturated carbocycles. The zero-order chi connectivity index (χ0) is 22.0. The third kappa shape index (κ3) is 4.89. The van der Waals surface area contributed by atoms with Crippen molar-refractivity contribution >= 4 is 39.8 Å². The lowest BCUT2D eigenvalue weighted by Crippen LogP contribution is -2.11. The van der Waals surface area contributed by atoms with E-state index in [9.17, 15) is 0 Å². The molecule has 5 nitrogen and oxygen atoms in total. The van der Waals surface area contributed by atoms with Gasteiger partial charge in [-0.1, -0.05) is 24.3 Å². The molecule has 3 aromatic heterocycles. The van der Waals surface area contributed by atoms with Gasteiger partial charge < -0.3 is 10.2 Å². The first-order chi connectivity index (χ1) is 14.9. The monoisotopic (exact) mass is 449 g/mol. The van der Waals surface area contributed by atoms with Crippen molar-refractivity contribution in [3.05, 3.63) is 64.9 Å². The summed E-state index contributed by atoms with van der Waals surface area (Å²) in [4.78, 5) is 18.5. The van der Waals surface area contributed by atoms with E-state index in [1.165, 1.54) is 20.9 Å². The summed E-state index contributed by atoms with van der Waals surface area (Å²) < 4.78 is 0. The molecular weight excluding hydrogens is 422 g/mol. The van der Waals surface area contributed by atoms with Gasteiger partial charge in [-0.25, -0.2) is 15.0 Å². The number of benzene rings is 1. The number of aromatic nitrogens is 3. The predicted molar refractivity (Wildman–Crippen MR) is 133 cm³/mol. The van der Waals surface area contributed by atoms with Crippen molar-refractivity contribution in [1.29, 1.82) is 0 Å². The first-order valence-electron chi connectivity index (χ1n) is 10.2. The molecule has 4 aromatic rings. The van der Waals surface area contributed by atoms with Crippen LogP contribution in [0.4, 0.5) is 5.82 Å². The maximum atomic E-state index is 4.69. The lowest BCUT2D eigenvalue weighted by molar-refractivity contribution is 0.403. The van der Waals surface area contributed by atoms with E-state index < -0.39 is 0 Å². The van der Waals surface area contributed by atoms with Gasteiger partial charge in [0.2, 0.25) is 0 Å². The number of fused-ring (bicyclic) bond motifs is 1. The van der Waals surface area contributed by atoms with Crippen molar-refractivity contribution < 1.29 is 0 Å². The second-order valence-corrected chi connectivity index (χ2v) is 9.77. The van der Waals surface area contributed by atoms with Crippen LogP contribution in [-0.4, -0.2) is 40.2 Å². The molecule has 0 amide bonds. The Bertz CT molecular complexity index is 1200. The van der Waals surface area contributed by atoms with Gasteiger partial charge in [-0.2, -0.15) is 0 Å². The number of hydrogen-bond donors (Lipinski definition) is 1. The number of nitrogens with one attached hydrogen (secondary N) is 1. The summed E-state index contributed by atoms with van der Waals surface area (Å²) in [7, 11) is 4.21. The van der Waals surface area contributed by atoms with Crippen molar-refractivity contribution in [1.82, 2.24) is 19.9 Å². The predicted octanol–water partition coefficient (Wildman–Crippen LogP) is 6.02. The minimum Gasteiger partial charge on any atom is -0.362 e. The van der Waals surface area contributed by atoms with E-state index in [-0.39, 0.29) is 6.04 Å². The molecule has 0 bridgehead atoms. The average Bonchev–Trinajstić information content (AvgIpc) is 3.23. The quantitative estimate of drug-likeness (QED) is 0.348. The zero-order valence-electron chi connectivity index (χ0n) is 18.5. The van der Waals surface area contributed by atoms with Crippen LogP contribution in [0.15, 0.2) is 53.7 Å². The molecule has 0 aliphatic carbocycles. The van der Waals surface area contributed by atoms with Gasteiger partial charge in [-0.3, -0.25) is 0 Å². The standard InChI is InChI=1S/C24H27N5S2/c1-15(26-24-19-12-23(30-5)25-13-20(19)27-16(2)28-24)21-10-11-22(31-21)18-9-7-6-8-17(18)14-29(3)4/h6-13,15H,14H2,1-5H3,(H,26,27,28). The molecule has 1 aromatic carbocycles. The molecule has 0 saturated heterocycles. The molecule has 1 unspecified atom stereocenters. The minimum atomic E-state index is 0.128. The van der Waals surface area contributed by atoms with Crippen LogP contribution in [0.5, 0.6) is 0 Å². The summed E-state index contributed by atoms with van der Waals surface area (Å²) in [5.74, 6) is 1.60. The summed E-state index contributed by atoms with van der Waals surface area (Å²) in [5.41, 5.74) is 3.51. The second-order valence-electron chi connectivity index (χ2n) is 7.83. The number of rotatable bonds is 7. The van der Waals surface area contributed by atoms with Gasteiger partial charge in [-0.15, -0.1) is 23.1 Å². The molecule has 1 N–H and O–H groups in total. The minimum absolute atomic E-state index is 0.128. The number of nitrogens with zero attached hydrogens (tertiary/aromatic N) is 4. The fraction of sp³-hybridized carbons (Fsp3) is 0.292. The van der Waals surface area contributed by atoms with E-state index >= 15 is 0 Å². The lowest BCUT2D eigenvalue weighted by Gasteiger charge is -2.16. The molecule has 0 aliphatic rings. The van der Waals surface area contributed by atoms with Gasteiger partial charge in [0.05, 0.1) is 22.8 Å². The van der Waals surface area contributed by atoms with E-state index in [4.69, 9.17) is 4.98 Å². The third-order valence-corrected chi connectivity index (χ3v) is 7.00. The van der Waals surface area contributed by atoms with Crippen LogP contribution in [0, 0.1) is 6.92 Å². The highest BCUT2D eigenvalue weighted by atomic mass is 32.2. The fourth-order valence-electron chi connectivity index (χ4n) is 3.60. The molecule has 0 fully saturated rings. The second kappa shape index (κ2) is 9.34. The van der Waals surface area contributed by atoms with Crippen LogP contribution in [0.1, 0.15) is 29.2 Å². The van der Waals surface area contributed by atoms with Gasteiger partial charge in [-0.05, 0) is 63.5 Å². The van der Waals surface area contributed by atoms with Crippen LogP contribution in [0.25, 0.3) is 21.3 Å². The van der Waals surface area contributed by atoms with Crippen molar-refractivity contribution in [2.75, 3.05) is 25.7 Å². The van der Waals surface area contributed by atoms with Crippen LogP contribution >= 0.6 is 23.1 Å². The number of pyridine rings is 1. The Hall–Kier alpha value is -2.48. The first kappa shape index (κ1) is 21.7. The summed E-state index contributed by atoms with van der Waals surface area (Å²) >= 11 is 3.45. The molecule has 0 aliphatic heterocycles. The van der Waals surface area contributed by atoms with E-state index in [2.05, 4.69) is 83.7 Å². The zero-order valence-corrected chi connectivity index (χ0v) is 20.1. The summed E-state index contributed by atoms with van der Waals surface area (Å²) in [5, 5.41) is 5.59. The molecule has 31 heavy (non-hydrogen) atoms. The number of thioether (sulfide) groups is 1. The summed E-state index contributed by atoms with van der Waals surface area (Å²) in [6.45, 7) is 5.03. The van der Waals surface area contributed by atoms with Crippen LogP contribution < -0.4 is 5.32 Å². The van der Waals surface area contributed by atoms with Gasteiger partial charge >= 0.3 is 0 Å². The van der Waals surface area contributed by atoms with Crippen molar-refractivity contribution in [3.8, 4) is 10.4 Å². The summed E-state index contributed by atoms with van der Waals surface area (Å²) in [6, 6.07) is 15.3. The Morgan fingerprint density at radius 1 is 1.13 bits per heavy atom. The van der Waals surface area contributed by atoms with E-state index in [1.807, 2.05) is 30.7 Å². The Labute approximate surface area is 192 Å². The number of hydrogen-bond acceptors (Lipinski definition) is 7. The van der Waals surface area contributed by atoms with E-state index in [0.29, 0.717) is 0 Å². The molecule has 3 heterocycles. The highest BCUT2D eigenvalue weighted by Gasteiger charge is 2.15. The van der Waals surface area contributed by atoms with Crippen LogP contribution in [0.2, 0.25) is 0 Å². The topological polar surface area (TPSA) is 53.9 Å². The normalized spacial score (nSPS) is 12.5. The molecule has 4 rings (SSSR count). The highest BCUT2D eigenvalue weighted by molar-refractivity contribution is 7.98. The van der Waals surface area contributed by atoms with Gasteiger partial charge in [0.15, 0.2) is 0 Å². The molecule has 1 atom stereocenters. The van der Waals surface area contributed by atoms with Gasteiger partial charge in [0.25, 0.3) is 0 Å². The largest absolute Gasteiger partial charge is 0.362 e. The maximum Gasteiger partial charge on any atom is 0.138 e. The Morgan fingerprint density at radius 3 is 2.71 bits per heavy atom. The number of anilines is 1. The van der Waals surface area contributed by atoms with Crippen molar-refractivity contribution in [3.63, 3.8) is 0 Å². The van der Waals surface area contributed by atoms with Gasteiger partial charge in [0.1, 0.15) is 11.6 Å². The number of thiophene rings is 1. The maximum absolute atomic E-state index is 4.69. The van der Waals surface area contributed by atoms with Crippen molar-refractivity contribution in [2.24, 2.45) is 0 Å². The molecule has 0 radical (unpaired) electrons. The molecule has 160 valence electrons. The molecule has 7 heteroatoms. The van der Waals surface area contributed by atoms with Gasteiger partial charge in [0, 0.05) is 21.7 Å². The van der Waals surface area contributed by atoms with Crippen molar-refractivity contribution in [2.45, 2.75) is 31.5 Å². The highest BCUT2D eigenvalue weighted by Crippen LogP contribution is 2.35. The average molecular weight is 450 g/mol. The van der Waals surface area contributed by atoms with Crippen LogP contribution in [-0.2, 0) is 6.54 Å². The fourth-order valence-corrected chi connectivity index (χ4v) is 5.06. The molecule has 0 spiro atoms. The Balaban J connectivity index is 1.63. The Kier molecular flexibility index (Phi) is 6.55. The third-order valence-electron chi connectivity index (χ3n) is 5.05. The van der Waals surface area contributed by atoms with Crippen LogP contribution in [0.3, 0.4) is 0 Å². The van der Waals surface area contributed by atoms with E-state index in [0.717, 1.165) is 34.1 Å². The lowest BCUT2D eigenvalue weighted by atomic mass is 10.1.